The maximum atomic E-state index is 5.65. The SMILES string of the molecule is c1ccc(C(=NOCCN2CCCCC2)c2ccccc2)cc1. The zero-order valence-electron chi connectivity index (χ0n) is 13.5. The van der Waals surface area contributed by atoms with Gasteiger partial charge in [0.05, 0.1) is 0 Å². The van der Waals surface area contributed by atoms with E-state index in [0.29, 0.717) is 6.61 Å². The van der Waals surface area contributed by atoms with E-state index in [-0.39, 0.29) is 0 Å². The van der Waals surface area contributed by atoms with Crippen LogP contribution in [0.5, 0.6) is 0 Å². The molecule has 1 aliphatic heterocycles. The molecule has 1 heterocycles. The number of benzene rings is 2. The largest absolute Gasteiger partial charge is 0.394 e. The lowest BCUT2D eigenvalue weighted by Crippen LogP contribution is -2.32. The van der Waals surface area contributed by atoms with Gasteiger partial charge in [-0.15, -0.1) is 0 Å². The first-order valence-corrected chi connectivity index (χ1v) is 8.46. The van der Waals surface area contributed by atoms with Crippen LogP contribution >= 0.6 is 0 Å². The Morgan fingerprint density at radius 2 is 1.39 bits per heavy atom. The maximum Gasteiger partial charge on any atom is 0.129 e. The van der Waals surface area contributed by atoms with Gasteiger partial charge in [0.25, 0.3) is 0 Å². The molecule has 3 rings (SSSR count). The van der Waals surface area contributed by atoms with Crippen LogP contribution in [0.4, 0.5) is 0 Å². The summed E-state index contributed by atoms with van der Waals surface area (Å²) in [6.45, 7) is 3.98. The number of likely N-dealkylation sites (tertiary alicyclic amines) is 1. The Morgan fingerprint density at radius 3 is 1.96 bits per heavy atom. The average Bonchev–Trinajstić information content (AvgIpc) is 2.64. The Bertz CT molecular complexity index is 563. The third kappa shape index (κ3) is 4.67. The molecule has 0 N–H and O–H groups in total. The molecule has 3 heteroatoms. The van der Waals surface area contributed by atoms with Gasteiger partial charge in [0.15, 0.2) is 0 Å². The van der Waals surface area contributed by atoms with Crippen LogP contribution in [0.15, 0.2) is 65.8 Å². The van der Waals surface area contributed by atoms with E-state index in [1.165, 1.54) is 32.4 Å². The molecule has 1 fully saturated rings. The van der Waals surface area contributed by atoms with Crippen molar-refractivity contribution in [2.45, 2.75) is 19.3 Å². The number of hydrogen-bond donors (Lipinski definition) is 0. The second-order valence-corrected chi connectivity index (χ2v) is 5.91. The lowest BCUT2D eigenvalue weighted by atomic mass is 10.0. The lowest BCUT2D eigenvalue weighted by Gasteiger charge is -2.25. The minimum Gasteiger partial charge on any atom is -0.394 e. The third-order valence-electron chi connectivity index (χ3n) is 4.20. The van der Waals surface area contributed by atoms with Crippen LogP contribution in [0.1, 0.15) is 30.4 Å². The Hall–Kier alpha value is -2.13. The van der Waals surface area contributed by atoms with Crippen molar-refractivity contribution in [2.24, 2.45) is 5.16 Å². The van der Waals surface area contributed by atoms with E-state index >= 15 is 0 Å². The summed E-state index contributed by atoms with van der Waals surface area (Å²) in [7, 11) is 0. The first-order chi connectivity index (χ1) is 11.4. The van der Waals surface area contributed by atoms with Crippen molar-refractivity contribution in [3.63, 3.8) is 0 Å². The highest BCUT2D eigenvalue weighted by Gasteiger charge is 2.10. The number of oxime groups is 1. The van der Waals surface area contributed by atoms with Crippen LogP contribution in [-0.2, 0) is 4.84 Å². The van der Waals surface area contributed by atoms with Gasteiger partial charge in [0, 0.05) is 17.7 Å². The molecule has 0 aliphatic carbocycles. The molecule has 3 nitrogen and oxygen atoms in total. The molecule has 0 aromatic heterocycles. The van der Waals surface area contributed by atoms with Crippen molar-refractivity contribution < 1.29 is 4.84 Å². The molecule has 0 spiro atoms. The van der Waals surface area contributed by atoms with Gasteiger partial charge in [0.1, 0.15) is 12.3 Å². The summed E-state index contributed by atoms with van der Waals surface area (Å²) in [5, 5.41) is 4.44. The molecule has 1 saturated heterocycles. The second kappa shape index (κ2) is 8.49. The molecule has 0 unspecified atom stereocenters. The van der Waals surface area contributed by atoms with Crippen LogP contribution in [0, 0.1) is 0 Å². The van der Waals surface area contributed by atoms with Crippen molar-refractivity contribution >= 4 is 5.71 Å². The van der Waals surface area contributed by atoms with Crippen LogP contribution in [0.25, 0.3) is 0 Å². The van der Waals surface area contributed by atoms with Crippen molar-refractivity contribution in [3.05, 3.63) is 71.8 Å². The summed E-state index contributed by atoms with van der Waals surface area (Å²) in [6.07, 6.45) is 3.98. The zero-order chi connectivity index (χ0) is 15.7. The first kappa shape index (κ1) is 15.8. The third-order valence-corrected chi connectivity index (χ3v) is 4.20. The van der Waals surface area contributed by atoms with Gasteiger partial charge >= 0.3 is 0 Å². The summed E-state index contributed by atoms with van der Waals surface area (Å²) in [6, 6.07) is 20.4. The van der Waals surface area contributed by atoms with Gasteiger partial charge in [-0.1, -0.05) is 72.2 Å². The van der Waals surface area contributed by atoms with E-state index in [9.17, 15) is 0 Å². The quantitative estimate of drug-likeness (QED) is 0.459. The highest BCUT2D eigenvalue weighted by atomic mass is 16.6. The monoisotopic (exact) mass is 308 g/mol. The van der Waals surface area contributed by atoms with E-state index in [1.54, 1.807) is 0 Å². The fourth-order valence-electron chi connectivity index (χ4n) is 2.93. The fourth-order valence-corrected chi connectivity index (χ4v) is 2.93. The zero-order valence-corrected chi connectivity index (χ0v) is 13.5. The normalized spacial score (nSPS) is 15.1. The van der Waals surface area contributed by atoms with Crippen LogP contribution in [0.3, 0.4) is 0 Å². The number of piperidine rings is 1. The van der Waals surface area contributed by atoms with Crippen LogP contribution in [0.2, 0.25) is 0 Å². The van der Waals surface area contributed by atoms with E-state index in [4.69, 9.17) is 4.84 Å². The Morgan fingerprint density at radius 1 is 0.826 bits per heavy atom. The van der Waals surface area contributed by atoms with Crippen molar-refractivity contribution in [2.75, 3.05) is 26.2 Å². The Balaban J connectivity index is 1.66. The second-order valence-electron chi connectivity index (χ2n) is 5.91. The molecular weight excluding hydrogens is 284 g/mol. The molecular formula is C20H24N2O. The molecule has 0 bridgehead atoms. The van der Waals surface area contributed by atoms with Gasteiger partial charge in [-0.3, -0.25) is 4.90 Å². The summed E-state index contributed by atoms with van der Waals surface area (Å²) in [4.78, 5) is 8.12. The molecule has 0 atom stereocenters. The summed E-state index contributed by atoms with van der Waals surface area (Å²) in [5.74, 6) is 0. The highest BCUT2D eigenvalue weighted by Crippen LogP contribution is 2.12. The molecule has 120 valence electrons. The van der Waals surface area contributed by atoms with E-state index < -0.39 is 0 Å². The van der Waals surface area contributed by atoms with E-state index in [0.717, 1.165) is 23.4 Å². The molecule has 2 aromatic rings. The smallest absolute Gasteiger partial charge is 0.129 e. The fraction of sp³-hybridized carbons (Fsp3) is 0.350. The topological polar surface area (TPSA) is 24.8 Å². The highest BCUT2D eigenvalue weighted by molar-refractivity contribution is 6.12. The van der Waals surface area contributed by atoms with Gasteiger partial charge < -0.3 is 4.84 Å². The molecule has 0 amide bonds. The van der Waals surface area contributed by atoms with Crippen molar-refractivity contribution in [1.29, 1.82) is 0 Å². The summed E-state index contributed by atoms with van der Waals surface area (Å²) < 4.78 is 0. The maximum absolute atomic E-state index is 5.65. The van der Waals surface area contributed by atoms with E-state index in [2.05, 4.69) is 34.3 Å². The standard InChI is InChI=1S/C20H24N2O/c1-4-10-18(11-5-1)20(19-12-6-2-7-13-19)21-23-17-16-22-14-8-3-9-15-22/h1-2,4-7,10-13H,3,8-9,14-17H2. The molecule has 0 radical (unpaired) electrons. The minimum absolute atomic E-state index is 0.642. The van der Waals surface area contributed by atoms with Crippen molar-refractivity contribution in [3.8, 4) is 0 Å². The van der Waals surface area contributed by atoms with Gasteiger partial charge in [-0.05, 0) is 25.9 Å². The van der Waals surface area contributed by atoms with Gasteiger partial charge in [-0.2, -0.15) is 0 Å². The summed E-state index contributed by atoms with van der Waals surface area (Å²) in [5.41, 5.74) is 3.05. The van der Waals surface area contributed by atoms with Gasteiger partial charge in [-0.25, -0.2) is 0 Å². The van der Waals surface area contributed by atoms with Crippen molar-refractivity contribution in [1.82, 2.24) is 4.90 Å². The molecule has 23 heavy (non-hydrogen) atoms. The predicted molar refractivity (Wildman–Crippen MR) is 94.8 cm³/mol. The number of nitrogens with zero attached hydrogens (tertiary/aromatic N) is 2. The predicted octanol–water partition coefficient (Wildman–Crippen LogP) is 3.94. The van der Waals surface area contributed by atoms with Crippen LogP contribution in [-0.4, -0.2) is 36.9 Å². The van der Waals surface area contributed by atoms with Gasteiger partial charge in [0.2, 0.25) is 0 Å². The Kier molecular flexibility index (Phi) is 5.81. The molecule has 2 aromatic carbocycles. The Labute approximate surface area is 138 Å². The number of hydrogen-bond acceptors (Lipinski definition) is 3. The summed E-state index contributed by atoms with van der Waals surface area (Å²) >= 11 is 0. The minimum atomic E-state index is 0.642. The molecule has 1 aliphatic rings. The average molecular weight is 308 g/mol. The lowest BCUT2D eigenvalue weighted by molar-refractivity contribution is 0.103. The molecule has 0 saturated carbocycles. The van der Waals surface area contributed by atoms with E-state index in [1.807, 2.05) is 36.4 Å². The van der Waals surface area contributed by atoms with Crippen LogP contribution < -0.4 is 0 Å². The number of rotatable bonds is 6. The first-order valence-electron chi connectivity index (χ1n) is 8.46.